The molecule has 0 aliphatic carbocycles. The molecular weight excluding hydrogens is 292 g/mol. The molecule has 0 radical (unpaired) electrons. The minimum Gasteiger partial charge on any atom is -0.248 e. The third-order valence-electron chi connectivity index (χ3n) is 3.11. The molecule has 1 aromatic heterocycles. The highest BCUT2D eigenvalue weighted by Crippen LogP contribution is 2.25. The normalized spacial score (nSPS) is 12.1. The maximum absolute atomic E-state index is 12.7. The van der Waals surface area contributed by atoms with Gasteiger partial charge >= 0.3 is 0 Å². The molecule has 0 unspecified atom stereocenters. The summed E-state index contributed by atoms with van der Waals surface area (Å²) in [5.74, 6) is 0. The summed E-state index contributed by atoms with van der Waals surface area (Å²) in [4.78, 5) is 4.54. The van der Waals surface area contributed by atoms with Crippen molar-refractivity contribution in [3.63, 3.8) is 0 Å². The minimum atomic E-state index is -3.49. The van der Waals surface area contributed by atoms with Crippen LogP contribution >= 0.6 is 11.3 Å². The lowest BCUT2D eigenvalue weighted by atomic mass is 10.1. The van der Waals surface area contributed by atoms with Gasteiger partial charge in [-0.05, 0) is 31.9 Å². The summed E-state index contributed by atoms with van der Waals surface area (Å²) in [6, 6.07) is 3.80. The summed E-state index contributed by atoms with van der Waals surface area (Å²) in [5, 5.41) is 2.64. The quantitative estimate of drug-likeness (QED) is 0.872. The van der Waals surface area contributed by atoms with Crippen LogP contribution in [0.15, 0.2) is 28.6 Å². The number of aryl methyl sites for hydroxylation is 3. The number of rotatable bonds is 4. The highest BCUT2D eigenvalue weighted by atomic mass is 32.2. The van der Waals surface area contributed by atoms with Crippen LogP contribution in [0.2, 0.25) is 0 Å². The lowest BCUT2D eigenvalue weighted by Crippen LogP contribution is -2.27. The van der Waals surface area contributed by atoms with Gasteiger partial charge in [0.15, 0.2) is 0 Å². The average Bonchev–Trinajstić information content (AvgIpc) is 2.79. The fourth-order valence-electron chi connectivity index (χ4n) is 2.34. The van der Waals surface area contributed by atoms with Gasteiger partial charge in [-0.25, -0.2) is 13.4 Å². The van der Waals surface area contributed by atoms with Gasteiger partial charge < -0.3 is 0 Å². The largest absolute Gasteiger partial charge is 0.248 e. The first-order valence-electron chi connectivity index (χ1n) is 6.25. The molecule has 20 heavy (non-hydrogen) atoms. The van der Waals surface area contributed by atoms with Crippen LogP contribution in [0, 0.1) is 20.8 Å². The molecule has 0 aliphatic heterocycles. The van der Waals surface area contributed by atoms with E-state index in [2.05, 4.69) is 4.98 Å². The van der Waals surface area contributed by atoms with Gasteiger partial charge in [0.2, 0.25) is 10.0 Å². The Hall–Kier alpha value is -1.24. The van der Waals surface area contributed by atoms with Crippen LogP contribution in [0.5, 0.6) is 0 Å². The van der Waals surface area contributed by atoms with Crippen LogP contribution in [0.3, 0.4) is 0 Å². The predicted molar refractivity (Wildman–Crippen MR) is 81.4 cm³/mol. The highest BCUT2D eigenvalue weighted by molar-refractivity contribution is 7.89. The SMILES string of the molecule is Cc1cc(C)c(S(=O)(=O)N(C)Cc2nccs2)c(C)c1. The highest BCUT2D eigenvalue weighted by Gasteiger charge is 2.25. The Labute approximate surface area is 124 Å². The molecule has 0 atom stereocenters. The Morgan fingerprint density at radius 1 is 1.20 bits per heavy atom. The number of benzene rings is 1. The van der Waals surface area contributed by atoms with Gasteiger partial charge in [-0.3, -0.25) is 0 Å². The molecule has 108 valence electrons. The number of hydrogen-bond acceptors (Lipinski definition) is 4. The third-order valence-corrected chi connectivity index (χ3v) is 5.99. The number of nitrogens with zero attached hydrogens (tertiary/aromatic N) is 2. The lowest BCUT2D eigenvalue weighted by Gasteiger charge is -2.19. The molecule has 6 heteroatoms. The summed E-state index contributed by atoms with van der Waals surface area (Å²) < 4.78 is 26.8. The van der Waals surface area contributed by atoms with Gasteiger partial charge in [0.1, 0.15) is 5.01 Å². The van der Waals surface area contributed by atoms with Crippen LogP contribution in [-0.4, -0.2) is 24.8 Å². The van der Waals surface area contributed by atoms with Crippen molar-refractivity contribution in [3.8, 4) is 0 Å². The first kappa shape index (κ1) is 15.2. The Morgan fingerprint density at radius 3 is 2.30 bits per heavy atom. The van der Waals surface area contributed by atoms with E-state index in [1.807, 2.05) is 38.3 Å². The summed E-state index contributed by atoms with van der Waals surface area (Å²) in [5.41, 5.74) is 2.64. The summed E-state index contributed by atoms with van der Waals surface area (Å²) >= 11 is 1.46. The van der Waals surface area contributed by atoms with Crippen molar-refractivity contribution in [2.24, 2.45) is 0 Å². The zero-order valence-electron chi connectivity index (χ0n) is 12.0. The van der Waals surface area contributed by atoms with E-state index in [9.17, 15) is 8.42 Å². The van der Waals surface area contributed by atoms with Crippen molar-refractivity contribution >= 4 is 21.4 Å². The topological polar surface area (TPSA) is 50.3 Å². The van der Waals surface area contributed by atoms with E-state index in [0.717, 1.165) is 21.7 Å². The average molecular weight is 310 g/mol. The van der Waals surface area contributed by atoms with Crippen LogP contribution in [0.25, 0.3) is 0 Å². The Morgan fingerprint density at radius 2 is 1.80 bits per heavy atom. The summed E-state index contributed by atoms with van der Waals surface area (Å²) in [6.07, 6.45) is 1.68. The second-order valence-electron chi connectivity index (χ2n) is 4.91. The van der Waals surface area contributed by atoms with E-state index in [4.69, 9.17) is 0 Å². The molecule has 1 aromatic carbocycles. The van der Waals surface area contributed by atoms with Crippen molar-refractivity contribution in [3.05, 3.63) is 45.4 Å². The molecule has 1 heterocycles. The number of hydrogen-bond donors (Lipinski definition) is 0. The van der Waals surface area contributed by atoms with Crippen LogP contribution < -0.4 is 0 Å². The van der Waals surface area contributed by atoms with E-state index in [-0.39, 0.29) is 0 Å². The maximum Gasteiger partial charge on any atom is 0.243 e. The Balaban J connectivity index is 2.40. The molecule has 2 aromatic rings. The molecule has 0 saturated heterocycles. The lowest BCUT2D eigenvalue weighted by molar-refractivity contribution is 0.465. The molecular formula is C14H18N2O2S2. The van der Waals surface area contributed by atoms with Gasteiger partial charge in [-0.2, -0.15) is 4.31 Å². The zero-order valence-corrected chi connectivity index (χ0v) is 13.7. The molecule has 0 fully saturated rings. The van der Waals surface area contributed by atoms with Gasteiger partial charge in [-0.1, -0.05) is 17.7 Å². The van der Waals surface area contributed by atoms with Crippen LogP contribution in [-0.2, 0) is 16.6 Å². The van der Waals surface area contributed by atoms with Crippen molar-refractivity contribution < 1.29 is 8.42 Å². The number of aromatic nitrogens is 1. The van der Waals surface area contributed by atoms with Crippen LogP contribution in [0.1, 0.15) is 21.7 Å². The molecule has 0 N–H and O–H groups in total. The molecule has 0 saturated carbocycles. The van der Waals surface area contributed by atoms with Gasteiger partial charge in [0.25, 0.3) is 0 Å². The van der Waals surface area contributed by atoms with Gasteiger partial charge in [0, 0.05) is 18.6 Å². The smallest absolute Gasteiger partial charge is 0.243 e. The van der Waals surface area contributed by atoms with E-state index < -0.39 is 10.0 Å². The summed E-state index contributed by atoms with van der Waals surface area (Å²) in [6.45, 7) is 5.94. The minimum absolute atomic E-state index is 0.298. The van der Waals surface area contributed by atoms with Crippen molar-refractivity contribution in [1.82, 2.24) is 9.29 Å². The second-order valence-corrected chi connectivity index (χ2v) is 7.88. The van der Waals surface area contributed by atoms with Crippen molar-refractivity contribution in [2.75, 3.05) is 7.05 Å². The summed E-state index contributed by atoms with van der Waals surface area (Å²) in [7, 11) is -1.90. The van der Waals surface area contributed by atoms with Gasteiger partial charge in [-0.15, -0.1) is 11.3 Å². The fraction of sp³-hybridized carbons (Fsp3) is 0.357. The van der Waals surface area contributed by atoms with Gasteiger partial charge in [0.05, 0.1) is 11.4 Å². The third kappa shape index (κ3) is 2.92. The monoisotopic (exact) mass is 310 g/mol. The molecule has 2 rings (SSSR count). The van der Waals surface area contributed by atoms with Crippen molar-refractivity contribution in [2.45, 2.75) is 32.2 Å². The molecule has 4 nitrogen and oxygen atoms in total. The first-order valence-corrected chi connectivity index (χ1v) is 8.57. The van der Waals surface area contributed by atoms with Crippen LogP contribution in [0.4, 0.5) is 0 Å². The zero-order chi connectivity index (χ0) is 14.9. The van der Waals surface area contributed by atoms with E-state index in [1.54, 1.807) is 13.2 Å². The Kier molecular flexibility index (Phi) is 4.27. The number of sulfonamides is 1. The second kappa shape index (κ2) is 5.63. The molecule has 0 amide bonds. The standard InChI is InChI=1S/C14H18N2O2S2/c1-10-7-11(2)14(12(3)8-10)20(17,18)16(4)9-13-15-5-6-19-13/h5-8H,9H2,1-4H3. The fourth-order valence-corrected chi connectivity index (χ4v) is 4.62. The predicted octanol–water partition coefficient (Wildman–Crippen LogP) is 2.89. The van der Waals surface area contributed by atoms with E-state index in [1.165, 1.54) is 15.6 Å². The Bertz CT molecular complexity index is 684. The molecule has 0 bridgehead atoms. The maximum atomic E-state index is 12.7. The van der Waals surface area contributed by atoms with Crippen molar-refractivity contribution in [1.29, 1.82) is 0 Å². The molecule has 0 aliphatic rings. The van der Waals surface area contributed by atoms with E-state index >= 15 is 0 Å². The van der Waals surface area contributed by atoms with E-state index in [0.29, 0.717) is 11.4 Å². The number of thiazole rings is 1. The first-order chi connectivity index (χ1) is 9.32. The molecule has 0 spiro atoms.